The molecule has 6 nitrogen and oxygen atoms in total. The van der Waals surface area contributed by atoms with Gasteiger partial charge in [-0.05, 0) is 32.6 Å². The average Bonchev–Trinajstić information content (AvgIpc) is 2.95. The molecule has 21 heavy (non-hydrogen) atoms. The Balaban J connectivity index is 1.81. The van der Waals surface area contributed by atoms with Gasteiger partial charge < -0.3 is 14.7 Å². The molecule has 2 heterocycles. The van der Waals surface area contributed by atoms with Crippen LogP contribution in [0, 0.1) is 11.3 Å². The van der Waals surface area contributed by atoms with Gasteiger partial charge in [-0.1, -0.05) is 6.42 Å². The highest BCUT2D eigenvalue weighted by atomic mass is 16.5. The number of hydrogen-bond donors (Lipinski definition) is 1. The van der Waals surface area contributed by atoms with Crippen molar-refractivity contribution in [1.29, 1.82) is 0 Å². The average molecular weight is 291 g/mol. The number of hydrogen-bond acceptors (Lipinski definition) is 5. The predicted octanol–water partition coefficient (Wildman–Crippen LogP) is 1.95. The minimum atomic E-state index is -0.666. The maximum atomic E-state index is 11.7. The van der Waals surface area contributed by atoms with Gasteiger partial charge in [0, 0.05) is 19.2 Å². The fourth-order valence-corrected chi connectivity index (χ4v) is 3.62. The Labute approximate surface area is 124 Å². The monoisotopic (exact) mass is 291 g/mol. The number of aromatic nitrogens is 2. The Kier molecular flexibility index (Phi) is 3.47. The van der Waals surface area contributed by atoms with E-state index in [4.69, 9.17) is 4.74 Å². The number of anilines is 1. The molecular formula is C15H21N3O3. The molecule has 1 aliphatic carbocycles. The second-order valence-corrected chi connectivity index (χ2v) is 6.31. The van der Waals surface area contributed by atoms with Crippen LogP contribution in [0.4, 0.5) is 5.82 Å². The lowest BCUT2D eigenvalue weighted by atomic mass is 9.81. The molecule has 2 fully saturated rings. The van der Waals surface area contributed by atoms with Crippen molar-refractivity contribution in [3.8, 4) is 5.88 Å². The highest BCUT2D eigenvalue weighted by molar-refractivity contribution is 5.77. The third-order valence-electron chi connectivity index (χ3n) is 4.60. The van der Waals surface area contributed by atoms with Crippen LogP contribution in [0.2, 0.25) is 0 Å². The van der Waals surface area contributed by atoms with E-state index < -0.39 is 11.4 Å². The van der Waals surface area contributed by atoms with Crippen LogP contribution in [0.5, 0.6) is 5.88 Å². The van der Waals surface area contributed by atoms with Crippen molar-refractivity contribution in [3.05, 3.63) is 12.4 Å². The lowest BCUT2D eigenvalue weighted by Crippen LogP contribution is -2.35. The highest BCUT2D eigenvalue weighted by Crippen LogP contribution is 2.49. The highest BCUT2D eigenvalue weighted by Gasteiger charge is 2.55. The molecule has 2 aliphatic rings. The summed E-state index contributed by atoms with van der Waals surface area (Å²) in [5.41, 5.74) is -0.593. The van der Waals surface area contributed by atoms with Crippen LogP contribution in [-0.2, 0) is 4.79 Å². The molecule has 3 rings (SSSR count). The van der Waals surface area contributed by atoms with Crippen molar-refractivity contribution in [3.63, 3.8) is 0 Å². The third-order valence-corrected chi connectivity index (χ3v) is 4.60. The summed E-state index contributed by atoms with van der Waals surface area (Å²) in [4.78, 5) is 22.2. The maximum absolute atomic E-state index is 11.7. The van der Waals surface area contributed by atoms with E-state index in [0.717, 1.165) is 31.6 Å². The van der Waals surface area contributed by atoms with Gasteiger partial charge in [0.1, 0.15) is 12.1 Å². The van der Waals surface area contributed by atoms with Crippen molar-refractivity contribution < 1.29 is 14.6 Å². The van der Waals surface area contributed by atoms with Gasteiger partial charge in [-0.25, -0.2) is 9.97 Å². The zero-order valence-electron chi connectivity index (χ0n) is 12.5. The van der Waals surface area contributed by atoms with E-state index in [2.05, 4.69) is 14.9 Å². The number of carboxylic acids is 1. The first-order valence-electron chi connectivity index (χ1n) is 7.48. The fraction of sp³-hybridized carbons (Fsp3) is 0.667. The molecule has 1 saturated carbocycles. The Hall–Kier alpha value is -1.85. The number of carbonyl (C=O) groups is 1. The van der Waals surface area contributed by atoms with E-state index in [-0.39, 0.29) is 12.0 Å². The van der Waals surface area contributed by atoms with Gasteiger partial charge in [0.25, 0.3) is 0 Å². The largest absolute Gasteiger partial charge is 0.481 e. The fourth-order valence-electron chi connectivity index (χ4n) is 3.62. The first-order chi connectivity index (χ1) is 10.0. The van der Waals surface area contributed by atoms with Crippen LogP contribution < -0.4 is 9.64 Å². The molecule has 0 aromatic carbocycles. The molecule has 0 amide bonds. The minimum Gasteiger partial charge on any atom is -0.481 e. The second-order valence-electron chi connectivity index (χ2n) is 6.31. The Morgan fingerprint density at radius 2 is 2.33 bits per heavy atom. The van der Waals surface area contributed by atoms with Crippen LogP contribution in [0.1, 0.15) is 33.1 Å². The summed E-state index contributed by atoms with van der Waals surface area (Å²) in [6.07, 6.45) is 4.30. The molecule has 0 bridgehead atoms. The van der Waals surface area contributed by atoms with Gasteiger partial charge in [0.05, 0.1) is 11.5 Å². The normalized spacial score (nSPS) is 28.0. The summed E-state index contributed by atoms with van der Waals surface area (Å²) in [7, 11) is 0. The van der Waals surface area contributed by atoms with E-state index >= 15 is 0 Å². The first-order valence-corrected chi connectivity index (χ1v) is 7.48. The Bertz CT molecular complexity index is 549. The molecule has 1 aromatic rings. The Morgan fingerprint density at radius 1 is 1.52 bits per heavy atom. The molecule has 1 aliphatic heterocycles. The van der Waals surface area contributed by atoms with Gasteiger partial charge >= 0.3 is 5.97 Å². The first kappa shape index (κ1) is 14.1. The summed E-state index contributed by atoms with van der Waals surface area (Å²) in [5, 5.41) is 9.63. The number of rotatable bonds is 4. The zero-order chi connectivity index (χ0) is 15.0. The smallest absolute Gasteiger partial charge is 0.311 e. The molecule has 6 heteroatoms. The number of aliphatic carboxylic acids is 1. The number of ether oxygens (including phenoxy) is 1. The summed E-state index contributed by atoms with van der Waals surface area (Å²) < 4.78 is 5.59. The lowest BCUT2D eigenvalue weighted by molar-refractivity contribution is -0.149. The molecule has 114 valence electrons. The van der Waals surface area contributed by atoms with Gasteiger partial charge in [0.15, 0.2) is 0 Å². The van der Waals surface area contributed by atoms with Crippen molar-refractivity contribution in [1.82, 2.24) is 9.97 Å². The standard InChI is InChI=1S/C15H21N3O3/c1-10(2)21-13-6-12(16-9-17-13)18-7-11-4-3-5-15(11,8-18)14(19)20/h6,9-11H,3-5,7-8H2,1-2H3,(H,19,20)/t11-,15+/m0/s1. The van der Waals surface area contributed by atoms with E-state index in [1.54, 1.807) is 6.07 Å². The SMILES string of the molecule is CC(C)Oc1cc(N2C[C@@H]3CCC[C@@]3(C(=O)O)C2)ncn1. The molecule has 0 spiro atoms. The summed E-state index contributed by atoms with van der Waals surface area (Å²) in [6.45, 7) is 5.18. The molecule has 2 atom stereocenters. The molecule has 0 unspecified atom stereocenters. The van der Waals surface area contributed by atoms with Gasteiger partial charge in [-0.15, -0.1) is 0 Å². The van der Waals surface area contributed by atoms with Gasteiger partial charge in [-0.2, -0.15) is 0 Å². The summed E-state index contributed by atoms with van der Waals surface area (Å²) in [5.74, 6) is 0.853. The van der Waals surface area contributed by atoms with E-state index in [9.17, 15) is 9.90 Å². The maximum Gasteiger partial charge on any atom is 0.311 e. The minimum absolute atomic E-state index is 0.0519. The molecule has 1 saturated heterocycles. The lowest BCUT2D eigenvalue weighted by Gasteiger charge is -2.23. The van der Waals surface area contributed by atoms with Crippen molar-refractivity contribution in [2.24, 2.45) is 11.3 Å². The van der Waals surface area contributed by atoms with Crippen LogP contribution in [0.15, 0.2) is 12.4 Å². The zero-order valence-corrected chi connectivity index (χ0v) is 12.5. The predicted molar refractivity (Wildman–Crippen MR) is 77.4 cm³/mol. The van der Waals surface area contributed by atoms with Gasteiger partial charge in [0.2, 0.25) is 5.88 Å². The van der Waals surface area contributed by atoms with Gasteiger partial charge in [-0.3, -0.25) is 4.79 Å². The second kappa shape index (κ2) is 5.16. The molecule has 1 aromatic heterocycles. The van der Waals surface area contributed by atoms with E-state index in [1.165, 1.54) is 6.33 Å². The summed E-state index contributed by atoms with van der Waals surface area (Å²) >= 11 is 0. The Morgan fingerprint density at radius 3 is 3.00 bits per heavy atom. The quantitative estimate of drug-likeness (QED) is 0.914. The third kappa shape index (κ3) is 2.43. The van der Waals surface area contributed by atoms with Crippen LogP contribution in [0.3, 0.4) is 0 Å². The van der Waals surface area contributed by atoms with E-state index in [0.29, 0.717) is 12.4 Å². The van der Waals surface area contributed by atoms with Crippen molar-refractivity contribution in [2.75, 3.05) is 18.0 Å². The van der Waals surface area contributed by atoms with Crippen LogP contribution in [0.25, 0.3) is 0 Å². The van der Waals surface area contributed by atoms with Crippen molar-refractivity contribution >= 4 is 11.8 Å². The molecule has 1 N–H and O–H groups in total. The molecule has 0 radical (unpaired) electrons. The van der Waals surface area contributed by atoms with Crippen LogP contribution in [-0.4, -0.2) is 40.2 Å². The summed E-state index contributed by atoms with van der Waals surface area (Å²) in [6, 6.07) is 1.80. The van der Waals surface area contributed by atoms with Crippen LogP contribution >= 0.6 is 0 Å². The molecular weight excluding hydrogens is 270 g/mol. The van der Waals surface area contributed by atoms with E-state index in [1.807, 2.05) is 13.8 Å². The number of carboxylic acid groups (broad SMARTS) is 1. The number of nitrogens with zero attached hydrogens (tertiary/aromatic N) is 3. The topological polar surface area (TPSA) is 75.5 Å². The van der Waals surface area contributed by atoms with Crippen molar-refractivity contribution in [2.45, 2.75) is 39.2 Å². The number of fused-ring (bicyclic) bond motifs is 1.